The number of benzene rings is 3. The number of rotatable bonds is 4. The zero-order valence-electron chi connectivity index (χ0n) is 12.4. The number of halogens is 3. The molecule has 0 bridgehead atoms. The lowest BCUT2D eigenvalue weighted by molar-refractivity contribution is -0.274. The Kier molecular flexibility index (Phi) is 4.42. The van der Waals surface area contributed by atoms with Crippen molar-refractivity contribution in [3.05, 3.63) is 78.9 Å². The highest BCUT2D eigenvalue weighted by molar-refractivity contribution is 5.70. The number of hydrogen-bond donors (Lipinski definition) is 0. The summed E-state index contributed by atoms with van der Waals surface area (Å²) in [6.45, 7) is 0. The average Bonchev–Trinajstić information content (AvgIpc) is 2.57. The molecule has 0 aliphatic rings. The maximum Gasteiger partial charge on any atom is 0.573 e. The van der Waals surface area contributed by atoms with Crippen molar-refractivity contribution in [3.8, 4) is 28.4 Å². The van der Waals surface area contributed by atoms with Crippen molar-refractivity contribution in [2.75, 3.05) is 0 Å². The van der Waals surface area contributed by atoms with Gasteiger partial charge in [0.15, 0.2) is 0 Å². The van der Waals surface area contributed by atoms with Gasteiger partial charge in [-0.05, 0) is 42.0 Å². The van der Waals surface area contributed by atoms with Crippen LogP contribution in [-0.4, -0.2) is 6.36 Å². The third-order valence-electron chi connectivity index (χ3n) is 3.20. The molecule has 0 aliphatic carbocycles. The van der Waals surface area contributed by atoms with Crippen LogP contribution in [0.4, 0.5) is 13.2 Å². The largest absolute Gasteiger partial charge is 0.573 e. The highest BCUT2D eigenvalue weighted by Gasteiger charge is 2.30. The Morgan fingerprint density at radius 2 is 1.38 bits per heavy atom. The molecule has 2 nitrogen and oxygen atoms in total. The summed E-state index contributed by atoms with van der Waals surface area (Å²) in [4.78, 5) is 0. The zero-order valence-corrected chi connectivity index (χ0v) is 12.4. The van der Waals surface area contributed by atoms with E-state index in [1.807, 2.05) is 30.3 Å². The van der Waals surface area contributed by atoms with Crippen LogP contribution in [0.15, 0.2) is 72.8 Å². The van der Waals surface area contributed by atoms with Gasteiger partial charge in [-0.3, -0.25) is 0 Å². The molecule has 0 aliphatic heterocycles. The van der Waals surface area contributed by atoms with Crippen molar-refractivity contribution in [1.82, 2.24) is 0 Å². The Bertz CT molecular complexity index is 797. The average molecular weight is 329 g/mol. The molecular formula is C19H12F3O2. The predicted octanol–water partition coefficient (Wildman–Crippen LogP) is 5.84. The lowest BCUT2D eigenvalue weighted by atomic mass is 10.1. The van der Waals surface area contributed by atoms with E-state index < -0.39 is 6.36 Å². The zero-order chi connectivity index (χ0) is 17.0. The fourth-order valence-corrected chi connectivity index (χ4v) is 2.20. The first kappa shape index (κ1) is 15.9. The van der Waals surface area contributed by atoms with E-state index in [1.165, 1.54) is 24.3 Å². The van der Waals surface area contributed by atoms with E-state index in [2.05, 4.69) is 10.8 Å². The van der Waals surface area contributed by atoms with E-state index in [4.69, 9.17) is 4.74 Å². The molecular weight excluding hydrogens is 317 g/mol. The molecule has 0 aromatic heterocycles. The lowest BCUT2D eigenvalue weighted by Gasteiger charge is -2.12. The van der Waals surface area contributed by atoms with E-state index in [0.29, 0.717) is 11.5 Å². The summed E-state index contributed by atoms with van der Waals surface area (Å²) in [5.74, 6) is 0.731. The summed E-state index contributed by atoms with van der Waals surface area (Å²) < 4.78 is 46.2. The van der Waals surface area contributed by atoms with E-state index >= 15 is 0 Å². The summed E-state index contributed by atoms with van der Waals surface area (Å²) in [6.07, 6.45) is -4.71. The van der Waals surface area contributed by atoms with Gasteiger partial charge in [0.1, 0.15) is 17.2 Å². The summed E-state index contributed by atoms with van der Waals surface area (Å²) in [6, 6.07) is 23.1. The SMILES string of the molecule is FC(F)(F)Oc1ccc(Oc2ccccc2-c2cc[c]cc2)cc1. The summed E-state index contributed by atoms with van der Waals surface area (Å²) in [7, 11) is 0. The maximum atomic E-state index is 12.2. The van der Waals surface area contributed by atoms with Crippen LogP contribution >= 0.6 is 0 Å². The van der Waals surface area contributed by atoms with Crippen LogP contribution in [0.2, 0.25) is 0 Å². The van der Waals surface area contributed by atoms with Gasteiger partial charge in [-0.15, -0.1) is 13.2 Å². The Balaban J connectivity index is 1.82. The number of alkyl halides is 3. The summed E-state index contributed by atoms with van der Waals surface area (Å²) in [5, 5.41) is 0. The maximum absolute atomic E-state index is 12.2. The van der Waals surface area contributed by atoms with Gasteiger partial charge < -0.3 is 9.47 Å². The Morgan fingerprint density at radius 3 is 2.04 bits per heavy atom. The number of para-hydroxylation sites is 1. The predicted molar refractivity (Wildman–Crippen MR) is 83.9 cm³/mol. The van der Waals surface area contributed by atoms with Crippen molar-refractivity contribution >= 4 is 0 Å². The molecule has 0 unspecified atom stereocenters. The van der Waals surface area contributed by atoms with Crippen LogP contribution in [0.5, 0.6) is 17.2 Å². The molecule has 0 fully saturated rings. The number of ether oxygens (including phenoxy) is 2. The molecule has 0 spiro atoms. The van der Waals surface area contributed by atoms with Gasteiger partial charge in [0.25, 0.3) is 0 Å². The van der Waals surface area contributed by atoms with Crippen LogP contribution in [-0.2, 0) is 0 Å². The van der Waals surface area contributed by atoms with Gasteiger partial charge in [-0.2, -0.15) is 0 Å². The Morgan fingerprint density at radius 1 is 0.750 bits per heavy atom. The summed E-state index contributed by atoms with van der Waals surface area (Å²) >= 11 is 0. The minimum absolute atomic E-state index is 0.290. The monoisotopic (exact) mass is 329 g/mol. The van der Waals surface area contributed by atoms with Crippen molar-refractivity contribution in [1.29, 1.82) is 0 Å². The molecule has 3 rings (SSSR count). The molecule has 24 heavy (non-hydrogen) atoms. The molecule has 3 aromatic carbocycles. The number of hydrogen-bond acceptors (Lipinski definition) is 2. The van der Waals surface area contributed by atoms with Crippen molar-refractivity contribution in [2.24, 2.45) is 0 Å². The van der Waals surface area contributed by atoms with E-state index in [1.54, 1.807) is 18.2 Å². The summed E-state index contributed by atoms with van der Waals surface area (Å²) in [5.41, 5.74) is 1.84. The first-order chi connectivity index (χ1) is 11.5. The minimum atomic E-state index is -4.71. The smallest absolute Gasteiger partial charge is 0.457 e. The third kappa shape index (κ3) is 4.07. The molecule has 3 aromatic rings. The second-order valence-electron chi connectivity index (χ2n) is 4.91. The normalized spacial score (nSPS) is 11.1. The Labute approximate surface area is 137 Å². The molecule has 5 heteroatoms. The topological polar surface area (TPSA) is 18.5 Å². The van der Waals surface area contributed by atoms with Crippen LogP contribution in [0.25, 0.3) is 11.1 Å². The van der Waals surface area contributed by atoms with Gasteiger partial charge in [0.2, 0.25) is 0 Å². The van der Waals surface area contributed by atoms with Gasteiger partial charge in [-0.1, -0.05) is 42.5 Å². The first-order valence-corrected chi connectivity index (χ1v) is 7.10. The molecule has 0 atom stereocenters. The van der Waals surface area contributed by atoms with Gasteiger partial charge in [0, 0.05) is 5.56 Å². The van der Waals surface area contributed by atoms with Crippen LogP contribution in [0.3, 0.4) is 0 Å². The molecule has 0 amide bonds. The Hall–Kier alpha value is -2.95. The second-order valence-corrected chi connectivity index (χ2v) is 4.91. The minimum Gasteiger partial charge on any atom is -0.457 e. The van der Waals surface area contributed by atoms with Gasteiger partial charge in [-0.25, -0.2) is 0 Å². The highest BCUT2D eigenvalue weighted by Crippen LogP contribution is 2.34. The van der Waals surface area contributed by atoms with Crippen molar-refractivity contribution in [3.63, 3.8) is 0 Å². The van der Waals surface area contributed by atoms with E-state index in [0.717, 1.165) is 11.1 Å². The van der Waals surface area contributed by atoms with Crippen LogP contribution in [0.1, 0.15) is 0 Å². The van der Waals surface area contributed by atoms with E-state index in [9.17, 15) is 13.2 Å². The fourth-order valence-electron chi connectivity index (χ4n) is 2.20. The molecule has 0 saturated heterocycles. The fraction of sp³-hybridized carbons (Fsp3) is 0.0526. The molecule has 1 radical (unpaired) electrons. The van der Waals surface area contributed by atoms with Gasteiger partial charge >= 0.3 is 6.36 Å². The van der Waals surface area contributed by atoms with Crippen LogP contribution < -0.4 is 9.47 Å². The highest BCUT2D eigenvalue weighted by atomic mass is 19.4. The molecule has 121 valence electrons. The third-order valence-corrected chi connectivity index (χ3v) is 3.20. The van der Waals surface area contributed by atoms with Crippen molar-refractivity contribution in [2.45, 2.75) is 6.36 Å². The second kappa shape index (κ2) is 6.66. The lowest BCUT2D eigenvalue weighted by Crippen LogP contribution is -2.16. The van der Waals surface area contributed by atoms with Gasteiger partial charge in [0.05, 0.1) is 0 Å². The van der Waals surface area contributed by atoms with E-state index in [-0.39, 0.29) is 5.75 Å². The van der Waals surface area contributed by atoms with Crippen molar-refractivity contribution < 1.29 is 22.6 Å². The first-order valence-electron chi connectivity index (χ1n) is 7.10. The molecule has 0 N–H and O–H groups in total. The molecule has 0 saturated carbocycles. The standard InChI is InChI=1S/C19H12F3O2/c20-19(21,22)24-16-12-10-15(11-13-16)23-18-9-5-4-8-17(18)14-6-2-1-3-7-14/h2-13H. The van der Waals surface area contributed by atoms with Crippen LogP contribution in [0, 0.1) is 6.07 Å². The molecule has 0 heterocycles. The quantitative estimate of drug-likeness (QED) is 0.598.